The summed E-state index contributed by atoms with van der Waals surface area (Å²) in [7, 11) is 0. The molecule has 1 unspecified atom stereocenters. The average Bonchev–Trinajstić information content (AvgIpc) is 2.51. The number of carbonyl (C=O) groups excluding carboxylic acids is 1. The molecule has 0 saturated heterocycles. The Labute approximate surface area is 136 Å². The van der Waals surface area contributed by atoms with Crippen molar-refractivity contribution in [3.63, 3.8) is 0 Å². The number of amides is 1. The van der Waals surface area contributed by atoms with Gasteiger partial charge >= 0.3 is 0 Å². The summed E-state index contributed by atoms with van der Waals surface area (Å²) < 4.78 is 13.8. The van der Waals surface area contributed by atoms with E-state index >= 15 is 0 Å². The number of nitrogens with one attached hydrogen (secondary N) is 1. The highest BCUT2D eigenvalue weighted by Gasteiger charge is 2.18. The molecule has 5 heteroatoms. The van der Waals surface area contributed by atoms with Crippen LogP contribution in [-0.2, 0) is 11.2 Å². The predicted octanol–water partition coefficient (Wildman–Crippen LogP) is 3.29. The Kier molecular flexibility index (Phi) is 5.57. The van der Waals surface area contributed by atoms with Crippen molar-refractivity contribution >= 4 is 11.6 Å². The molecule has 2 rings (SSSR count). The smallest absolute Gasteiger partial charge is 0.230 e. The van der Waals surface area contributed by atoms with Gasteiger partial charge < -0.3 is 16.0 Å². The van der Waals surface area contributed by atoms with Crippen molar-refractivity contribution in [1.29, 1.82) is 0 Å². The highest BCUT2D eigenvalue weighted by atomic mass is 19.1. The number of aryl methyl sites for hydroxylation is 1. The number of hydrogen-bond acceptors (Lipinski definition) is 3. The molecule has 4 nitrogen and oxygen atoms in total. The average molecular weight is 315 g/mol. The lowest BCUT2D eigenvalue weighted by atomic mass is 10.1. The van der Waals surface area contributed by atoms with Crippen LogP contribution in [0.1, 0.15) is 25.8 Å². The van der Waals surface area contributed by atoms with E-state index < -0.39 is 0 Å². The normalized spacial score (nSPS) is 17.4. The van der Waals surface area contributed by atoms with Crippen LogP contribution < -0.4 is 11.1 Å². The summed E-state index contributed by atoms with van der Waals surface area (Å²) in [6, 6.07) is 4.89. The lowest BCUT2D eigenvalue weighted by molar-refractivity contribution is -0.115. The molecular weight excluding hydrogens is 293 g/mol. The molecule has 1 aliphatic heterocycles. The minimum Gasteiger partial charge on any atom is -0.403 e. The Morgan fingerprint density at radius 2 is 2.26 bits per heavy atom. The Morgan fingerprint density at radius 3 is 2.91 bits per heavy atom. The molecule has 1 aromatic carbocycles. The van der Waals surface area contributed by atoms with Crippen LogP contribution in [0.2, 0.25) is 0 Å². The Balaban J connectivity index is 2.05. The van der Waals surface area contributed by atoms with E-state index in [9.17, 15) is 9.18 Å². The third-order valence-electron chi connectivity index (χ3n) is 3.75. The molecule has 23 heavy (non-hydrogen) atoms. The van der Waals surface area contributed by atoms with Crippen LogP contribution in [0.5, 0.6) is 0 Å². The number of anilines is 1. The minimum absolute atomic E-state index is 0.129. The van der Waals surface area contributed by atoms with E-state index in [1.54, 1.807) is 18.3 Å². The molecule has 0 aromatic heterocycles. The number of nitrogens with zero attached hydrogens (tertiary/aromatic N) is 1. The second-order valence-corrected chi connectivity index (χ2v) is 5.42. The number of hydrogen-bond donors (Lipinski definition) is 2. The molecule has 0 fully saturated rings. The zero-order chi connectivity index (χ0) is 16.8. The zero-order valence-corrected chi connectivity index (χ0v) is 13.4. The van der Waals surface area contributed by atoms with Crippen molar-refractivity contribution in [2.75, 3.05) is 5.32 Å². The quantitative estimate of drug-likeness (QED) is 0.876. The van der Waals surface area contributed by atoms with E-state index in [2.05, 4.69) is 5.32 Å². The number of benzene rings is 1. The van der Waals surface area contributed by atoms with Crippen LogP contribution in [0, 0.1) is 5.82 Å². The molecule has 122 valence electrons. The minimum atomic E-state index is -0.300. The van der Waals surface area contributed by atoms with Crippen molar-refractivity contribution in [2.24, 2.45) is 5.73 Å². The number of allylic oxidation sites excluding steroid dienone is 2. The first-order valence-corrected chi connectivity index (χ1v) is 7.67. The highest BCUT2D eigenvalue weighted by molar-refractivity contribution is 5.92. The summed E-state index contributed by atoms with van der Waals surface area (Å²) in [6.07, 6.45) is 9.81. The topological polar surface area (TPSA) is 58.4 Å². The molecule has 0 saturated carbocycles. The summed E-state index contributed by atoms with van der Waals surface area (Å²) in [5, 5.41) is 2.73. The fourth-order valence-electron chi connectivity index (χ4n) is 2.52. The Hall–Kier alpha value is -2.56. The van der Waals surface area contributed by atoms with E-state index in [0.717, 1.165) is 5.70 Å². The van der Waals surface area contributed by atoms with Crippen molar-refractivity contribution in [1.82, 2.24) is 4.90 Å². The first-order chi connectivity index (χ1) is 11.0. The highest BCUT2D eigenvalue weighted by Crippen LogP contribution is 2.21. The van der Waals surface area contributed by atoms with E-state index in [0.29, 0.717) is 17.7 Å². The Bertz CT molecular complexity index is 664. The van der Waals surface area contributed by atoms with E-state index in [-0.39, 0.29) is 24.2 Å². The lowest BCUT2D eigenvalue weighted by Crippen LogP contribution is -2.30. The maximum absolute atomic E-state index is 13.8. The van der Waals surface area contributed by atoms with Crippen molar-refractivity contribution in [3.05, 3.63) is 65.9 Å². The van der Waals surface area contributed by atoms with Gasteiger partial charge in [0.2, 0.25) is 5.91 Å². The number of rotatable bonds is 5. The summed E-state index contributed by atoms with van der Waals surface area (Å²) >= 11 is 0. The van der Waals surface area contributed by atoms with E-state index in [4.69, 9.17) is 5.73 Å². The van der Waals surface area contributed by atoms with E-state index in [1.807, 2.05) is 37.0 Å². The lowest BCUT2D eigenvalue weighted by Gasteiger charge is -2.30. The second kappa shape index (κ2) is 7.63. The molecule has 1 atom stereocenters. The molecular formula is C18H22FN3O. The van der Waals surface area contributed by atoms with Gasteiger partial charge in [0, 0.05) is 29.8 Å². The summed E-state index contributed by atoms with van der Waals surface area (Å²) in [4.78, 5) is 14.2. The molecule has 3 N–H and O–H groups in total. The van der Waals surface area contributed by atoms with Gasteiger partial charge in [-0.3, -0.25) is 4.79 Å². The standard InChI is InChI=1S/C18H22FN3O/c1-3-14-7-8-15(11-17(14)19)21-18(23)12-16-6-4-5-13(2)22(16)10-9-20/h4-11,13H,3,12,20H2,1-2H3,(H,21,23)/b10-9-. The predicted molar refractivity (Wildman–Crippen MR) is 90.9 cm³/mol. The second-order valence-electron chi connectivity index (χ2n) is 5.42. The van der Waals surface area contributed by atoms with E-state index in [1.165, 1.54) is 12.3 Å². The molecule has 0 aliphatic carbocycles. The first kappa shape index (κ1) is 16.8. The van der Waals surface area contributed by atoms with Gasteiger partial charge in [0.15, 0.2) is 0 Å². The number of nitrogens with two attached hydrogens (primary N) is 1. The van der Waals surface area contributed by atoms with Gasteiger partial charge in [-0.1, -0.05) is 25.1 Å². The van der Waals surface area contributed by atoms with Crippen LogP contribution in [0.25, 0.3) is 0 Å². The molecule has 1 heterocycles. The third-order valence-corrected chi connectivity index (χ3v) is 3.75. The summed E-state index contributed by atoms with van der Waals surface area (Å²) in [5.41, 5.74) is 7.40. The summed E-state index contributed by atoms with van der Waals surface area (Å²) in [6.45, 7) is 3.90. The van der Waals surface area contributed by atoms with Gasteiger partial charge in [0.1, 0.15) is 5.82 Å². The van der Waals surface area contributed by atoms with Crippen LogP contribution in [0.4, 0.5) is 10.1 Å². The van der Waals surface area contributed by atoms with Gasteiger partial charge in [-0.2, -0.15) is 0 Å². The van der Waals surface area contributed by atoms with Crippen LogP contribution in [0.3, 0.4) is 0 Å². The van der Waals surface area contributed by atoms with Crippen molar-refractivity contribution < 1.29 is 9.18 Å². The van der Waals surface area contributed by atoms with Crippen molar-refractivity contribution in [2.45, 2.75) is 32.7 Å². The first-order valence-electron chi connectivity index (χ1n) is 7.67. The molecule has 0 bridgehead atoms. The Morgan fingerprint density at radius 1 is 1.48 bits per heavy atom. The fourth-order valence-corrected chi connectivity index (χ4v) is 2.52. The van der Waals surface area contributed by atoms with Gasteiger partial charge in [-0.15, -0.1) is 0 Å². The molecule has 1 amide bonds. The SMILES string of the molecule is CCc1ccc(NC(=O)CC2=CC=CC(C)N2/C=C\N)cc1F. The third kappa shape index (κ3) is 4.22. The van der Waals surface area contributed by atoms with Crippen LogP contribution >= 0.6 is 0 Å². The fraction of sp³-hybridized carbons (Fsp3) is 0.278. The van der Waals surface area contributed by atoms with Gasteiger partial charge in [0.25, 0.3) is 0 Å². The monoisotopic (exact) mass is 315 g/mol. The maximum Gasteiger partial charge on any atom is 0.230 e. The maximum atomic E-state index is 13.8. The number of carbonyl (C=O) groups is 1. The van der Waals surface area contributed by atoms with Gasteiger partial charge in [-0.25, -0.2) is 4.39 Å². The van der Waals surface area contributed by atoms with Gasteiger partial charge in [-0.05, 0) is 37.1 Å². The molecule has 1 aromatic rings. The number of halogens is 1. The molecule has 0 spiro atoms. The summed E-state index contributed by atoms with van der Waals surface area (Å²) in [5.74, 6) is -0.496. The van der Waals surface area contributed by atoms with Crippen LogP contribution in [-0.4, -0.2) is 16.8 Å². The van der Waals surface area contributed by atoms with Crippen LogP contribution in [0.15, 0.2) is 54.5 Å². The zero-order valence-electron chi connectivity index (χ0n) is 13.4. The molecule has 1 aliphatic rings. The van der Waals surface area contributed by atoms with Gasteiger partial charge in [0.05, 0.1) is 6.42 Å². The molecule has 0 radical (unpaired) electrons. The van der Waals surface area contributed by atoms with Crippen molar-refractivity contribution in [3.8, 4) is 0 Å². The largest absolute Gasteiger partial charge is 0.403 e.